The SMILES string of the molecule is CC[P+](=O)[O-].CC[P+](=O)[O-].[NH3+]CCCCCC[NH3+]. The maximum Gasteiger partial charge on any atom is 0.308 e. The van der Waals surface area contributed by atoms with E-state index in [2.05, 4.69) is 11.5 Å². The van der Waals surface area contributed by atoms with Crippen LogP contribution in [0, 0.1) is 0 Å². The molecule has 0 bridgehead atoms. The summed E-state index contributed by atoms with van der Waals surface area (Å²) in [7, 11) is -4.20. The first-order valence-electron chi connectivity index (χ1n) is 6.28. The van der Waals surface area contributed by atoms with E-state index in [-0.39, 0.29) is 12.3 Å². The molecular formula is C10H28N2O4P2+2. The second kappa shape index (κ2) is 22.2. The normalized spacial score (nSPS) is 10.6. The van der Waals surface area contributed by atoms with E-state index < -0.39 is 16.1 Å². The van der Waals surface area contributed by atoms with Gasteiger partial charge in [-0.3, -0.25) is 0 Å². The van der Waals surface area contributed by atoms with Crippen molar-refractivity contribution in [2.75, 3.05) is 25.4 Å². The average molecular weight is 302 g/mol. The summed E-state index contributed by atoms with van der Waals surface area (Å²) in [5.74, 6) is 0. The molecule has 0 aliphatic rings. The van der Waals surface area contributed by atoms with E-state index in [1.54, 1.807) is 13.8 Å². The fraction of sp³-hybridized carbons (Fsp3) is 1.00. The van der Waals surface area contributed by atoms with Gasteiger partial charge < -0.3 is 21.3 Å². The predicted molar refractivity (Wildman–Crippen MR) is 70.3 cm³/mol. The number of rotatable bonds is 7. The third-order valence-corrected chi connectivity index (χ3v) is 2.80. The van der Waals surface area contributed by atoms with Gasteiger partial charge in [0.1, 0.15) is 12.3 Å². The van der Waals surface area contributed by atoms with Gasteiger partial charge in [0.05, 0.1) is 13.1 Å². The topological polar surface area (TPSA) is 136 Å². The van der Waals surface area contributed by atoms with E-state index in [1.165, 1.54) is 25.7 Å². The molecule has 2 atom stereocenters. The van der Waals surface area contributed by atoms with Gasteiger partial charge in [-0.25, -0.2) is 0 Å². The number of hydrogen-bond donors (Lipinski definition) is 2. The maximum atomic E-state index is 9.41. The molecule has 0 radical (unpaired) electrons. The molecule has 0 heterocycles. The lowest BCUT2D eigenvalue weighted by molar-refractivity contribution is -0.371. The Hall–Kier alpha value is 0.0400. The molecule has 0 fully saturated rings. The van der Waals surface area contributed by atoms with Crippen molar-refractivity contribution < 1.29 is 30.4 Å². The summed E-state index contributed by atoms with van der Waals surface area (Å²) in [6.07, 6.45) is 5.79. The molecule has 0 saturated heterocycles. The van der Waals surface area contributed by atoms with Crippen LogP contribution in [0.5, 0.6) is 0 Å². The monoisotopic (exact) mass is 302 g/mol. The molecule has 2 unspecified atom stereocenters. The van der Waals surface area contributed by atoms with Gasteiger partial charge in [-0.05, 0) is 39.5 Å². The van der Waals surface area contributed by atoms with Crippen molar-refractivity contribution in [1.29, 1.82) is 0 Å². The Balaban J connectivity index is -0.000000197. The van der Waals surface area contributed by atoms with E-state index in [0.717, 1.165) is 13.1 Å². The van der Waals surface area contributed by atoms with Gasteiger partial charge in [-0.2, -0.15) is 0 Å². The first-order valence-corrected chi connectivity index (χ1v) is 9.00. The van der Waals surface area contributed by atoms with Crippen LogP contribution in [0.3, 0.4) is 0 Å². The van der Waals surface area contributed by atoms with Crippen molar-refractivity contribution in [2.24, 2.45) is 0 Å². The lowest BCUT2D eigenvalue weighted by atomic mass is 10.2. The highest BCUT2D eigenvalue weighted by atomic mass is 31.1. The second-order valence-electron chi connectivity index (χ2n) is 3.42. The Labute approximate surface area is 112 Å². The number of hydrogen-bond acceptors (Lipinski definition) is 4. The molecule has 0 amide bonds. The van der Waals surface area contributed by atoms with Crippen molar-refractivity contribution in [1.82, 2.24) is 0 Å². The summed E-state index contributed by atoms with van der Waals surface area (Å²) in [5, 5.41) is 0. The molecule has 8 heteroatoms. The van der Waals surface area contributed by atoms with Gasteiger partial charge in [0.2, 0.25) is 0 Å². The second-order valence-corrected chi connectivity index (χ2v) is 6.02. The first-order chi connectivity index (χ1) is 8.45. The van der Waals surface area contributed by atoms with Crippen LogP contribution in [0.2, 0.25) is 0 Å². The van der Waals surface area contributed by atoms with E-state index in [0.29, 0.717) is 0 Å². The molecule has 18 heavy (non-hydrogen) atoms. The van der Waals surface area contributed by atoms with Crippen molar-refractivity contribution >= 4 is 16.1 Å². The number of unbranched alkanes of at least 4 members (excludes halogenated alkanes) is 3. The van der Waals surface area contributed by atoms with Crippen LogP contribution in [0.15, 0.2) is 0 Å². The molecule has 0 aliphatic carbocycles. The van der Waals surface area contributed by atoms with Crippen molar-refractivity contribution in [3.05, 3.63) is 0 Å². The molecule has 0 spiro atoms. The van der Waals surface area contributed by atoms with Crippen LogP contribution in [0.1, 0.15) is 39.5 Å². The summed E-state index contributed by atoms with van der Waals surface area (Å²) >= 11 is 0. The summed E-state index contributed by atoms with van der Waals surface area (Å²) in [6, 6.07) is 0. The molecule has 0 saturated carbocycles. The molecular weight excluding hydrogens is 274 g/mol. The average Bonchev–Trinajstić information content (AvgIpc) is 2.36. The van der Waals surface area contributed by atoms with E-state index in [1.807, 2.05) is 0 Å². The molecule has 110 valence electrons. The Morgan fingerprint density at radius 1 is 0.778 bits per heavy atom. The molecule has 0 rings (SSSR count). The zero-order valence-electron chi connectivity index (χ0n) is 11.6. The van der Waals surface area contributed by atoms with Gasteiger partial charge in [0, 0.05) is 0 Å². The van der Waals surface area contributed by atoms with Crippen LogP contribution in [0.25, 0.3) is 0 Å². The van der Waals surface area contributed by atoms with Crippen molar-refractivity contribution in [2.45, 2.75) is 39.5 Å². The minimum Gasteiger partial charge on any atom is -0.596 e. The van der Waals surface area contributed by atoms with E-state index in [4.69, 9.17) is 0 Å². The van der Waals surface area contributed by atoms with Gasteiger partial charge in [-0.15, -0.1) is 0 Å². The van der Waals surface area contributed by atoms with Crippen LogP contribution in [-0.4, -0.2) is 25.4 Å². The standard InChI is InChI=1S/C6H16N2.2C2H5O2P/c7-5-3-1-2-4-6-8;2*1-2-5(3)4/h1-8H2;2*2H2,1H3/p+2. The molecule has 6 nitrogen and oxygen atoms in total. The lowest BCUT2D eigenvalue weighted by Crippen LogP contribution is -2.50. The molecule has 0 aromatic heterocycles. The Morgan fingerprint density at radius 3 is 1.11 bits per heavy atom. The van der Waals surface area contributed by atoms with E-state index >= 15 is 0 Å². The number of quaternary nitrogens is 2. The minimum absolute atomic E-state index is 0.259. The Morgan fingerprint density at radius 2 is 1.00 bits per heavy atom. The maximum absolute atomic E-state index is 9.41. The van der Waals surface area contributed by atoms with Gasteiger partial charge >= 0.3 is 16.1 Å². The largest absolute Gasteiger partial charge is 0.596 e. The molecule has 0 aromatic rings. The Kier molecular flexibility index (Phi) is 28.6. The van der Waals surface area contributed by atoms with E-state index in [9.17, 15) is 18.9 Å². The zero-order chi connectivity index (χ0) is 14.8. The predicted octanol–water partition coefficient (Wildman–Crippen LogP) is -0.751. The first kappa shape index (κ1) is 23.2. The molecule has 0 aliphatic heterocycles. The lowest BCUT2D eigenvalue weighted by Gasteiger charge is -1.91. The highest BCUT2D eigenvalue weighted by molar-refractivity contribution is 7.36. The zero-order valence-corrected chi connectivity index (χ0v) is 13.4. The van der Waals surface area contributed by atoms with Crippen molar-refractivity contribution in [3.8, 4) is 0 Å². The fourth-order valence-corrected chi connectivity index (χ4v) is 0.707. The van der Waals surface area contributed by atoms with Crippen molar-refractivity contribution in [3.63, 3.8) is 0 Å². The van der Waals surface area contributed by atoms with Gasteiger partial charge in [0.15, 0.2) is 0 Å². The minimum atomic E-state index is -2.10. The summed E-state index contributed by atoms with van der Waals surface area (Å²) in [5.41, 5.74) is 7.54. The summed E-state index contributed by atoms with van der Waals surface area (Å²) in [6.45, 7) is 5.39. The highest BCUT2D eigenvalue weighted by Crippen LogP contribution is 2.01. The van der Waals surface area contributed by atoms with Crippen LogP contribution < -0.4 is 21.3 Å². The smallest absolute Gasteiger partial charge is 0.308 e. The van der Waals surface area contributed by atoms with Gasteiger partial charge in [0.25, 0.3) is 0 Å². The third-order valence-electron chi connectivity index (χ3n) is 1.77. The molecule has 0 aromatic carbocycles. The fourth-order valence-electron chi connectivity index (χ4n) is 0.707. The summed E-state index contributed by atoms with van der Waals surface area (Å²) < 4.78 is 18.8. The van der Waals surface area contributed by atoms with Crippen LogP contribution >= 0.6 is 16.1 Å². The molecule has 6 N–H and O–H groups in total. The summed E-state index contributed by atoms with van der Waals surface area (Å²) in [4.78, 5) is 18.8. The quantitative estimate of drug-likeness (QED) is 0.472. The third kappa shape index (κ3) is 44.4. The highest BCUT2D eigenvalue weighted by Gasteiger charge is 1.86. The van der Waals surface area contributed by atoms with Crippen LogP contribution in [-0.2, 0) is 9.13 Å². The van der Waals surface area contributed by atoms with Crippen LogP contribution in [0.4, 0.5) is 0 Å². The van der Waals surface area contributed by atoms with Gasteiger partial charge in [-0.1, -0.05) is 9.13 Å². The Bertz CT molecular complexity index is 175.